The Morgan fingerprint density at radius 3 is 2.11 bits per heavy atom. The fourth-order valence-corrected chi connectivity index (χ4v) is 1.95. The number of hydrogen-bond acceptors (Lipinski definition) is 1. The maximum Gasteiger partial charge on any atom is 0.129 e. The average molecular weight is 266 g/mol. The van der Waals surface area contributed by atoms with Gasteiger partial charge in [0.1, 0.15) is 17.5 Å². The lowest BCUT2D eigenvalue weighted by atomic mass is 9.89. The van der Waals surface area contributed by atoms with Crippen molar-refractivity contribution < 1.29 is 18.3 Å². The van der Waals surface area contributed by atoms with E-state index in [0.717, 1.165) is 12.1 Å². The van der Waals surface area contributed by atoms with Gasteiger partial charge in [-0.3, -0.25) is 0 Å². The summed E-state index contributed by atoms with van der Waals surface area (Å²) in [5, 5.41) is 10.3. The number of hydrogen-bond donors (Lipinski definition) is 1. The van der Waals surface area contributed by atoms with E-state index in [1.54, 1.807) is 0 Å². The van der Waals surface area contributed by atoms with Crippen molar-refractivity contribution in [3.8, 4) is 0 Å². The third-order valence-electron chi connectivity index (χ3n) is 3.02. The van der Waals surface area contributed by atoms with Gasteiger partial charge in [0, 0.05) is 12.5 Å². The third kappa shape index (κ3) is 3.15. The second-order valence-electron chi connectivity index (χ2n) is 4.69. The Hall–Kier alpha value is -1.81. The molecule has 0 spiro atoms. The van der Waals surface area contributed by atoms with Crippen LogP contribution in [0.15, 0.2) is 42.5 Å². The molecule has 1 unspecified atom stereocenters. The molecule has 4 heteroatoms. The molecule has 0 aliphatic carbocycles. The van der Waals surface area contributed by atoms with Crippen molar-refractivity contribution in [3.05, 3.63) is 71.0 Å². The largest absolute Gasteiger partial charge is 0.385 e. The predicted molar refractivity (Wildman–Crippen MR) is 66.0 cm³/mol. The molecule has 100 valence electrons. The zero-order valence-corrected chi connectivity index (χ0v) is 10.3. The average Bonchev–Trinajstić information content (AvgIpc) is 2.33. The van der Waals surface area contributed by atoms with Gasteiger partial charge >= 0.3 is 0 Å². The van der Waals surface area contributed by atoms with Gasteiger partial charge in [0.2, 0.25) is 0 Å². The molecule has 0 aromatic heterocycles. The Bertz CT molecular complexity index is 576. The van der Waals surface area contributed by atoms with Gasteiger partial charge < -0.3 is 5.11 Å². The number of aliphatic hydroxyl groups is 1. The Labute approximate surface area is 109 Å². The van der Waals surface area contributed by atoms with Gasteiger partial charge in [-0.2, -0.15) is 0 Å². The number of benzene rings is 2. The minimum atomic E-state index is -1.35. The minimum absolute atomic E-state index is 0.0231. The van der Waals surface area contributed by atoms with Gasteiger partial charge in [-0.05, 0) is 36.2 Å². The highest BCUT2D eigenvalue weighted by atomic mass is 19.1. The molecule has 19 heavy (non-hydrogen) atoms. The Morgan fingerprint density at radius 2 is 1.53 bits per heavy atom. The number of rotatable bonds is 3. The van der Waals surface area contributed by atoms with Gasteiger partial charge in [-0.25, -0.2) is 13.2 Å². The summed E-state index contributed by atoms with van der Waals surface area (Å²) >= 11 is 0. The molecule has 0 amide bonds. The van der Waals surface area contributed by atoms with E-state index in [1.165, 1.54) is 37.3 Å². The van der Waals surface area contributed by atoms with Crippen LogP contribution in [-0.4, -0.2) is 5.11 Å². The molecule has 0 saturated heterocycles. The van der Waals surface area contributed by atoms with Crippen LogP contribution in [0.3, 0.4) is 0 Å². The van der Waals surface area contributed by atoms with E-state index in [2.05, 4.69) is 0 Å². The first-order valence-corrected chi connectivity index (χ1v) is 5.81. The van der Waals surface area contributed by atoms with Crippen LogP contribution in [0.25, 0.3) is 0 Å². The van der Waals surface area contributed by atoms with Gasteiger partial charge in [0.15, 0.2) is 0 Å². The van der Waals surface area contributed by atoms with Crippen molar-refractivity contribution in [2.45, 2.75) is 18.9 Å². The van der Waals surface area contributed by atoms with Crippen LogP contribution in [0.2, 0.25) is 0 Å². The molecular weight excluding hydrogens is 253 g/mol. The van der Waals surface area contributed by atoms with Crippen LogP contribution < -0.4 is 0 Å². The second-order valence-corrected chi connectivity index (χ2v) is 4.69. The van der Waals surface area contributed by atoms with Crippen LogP contribution in [0, 0.1) is 17.5 Å². The standard InChI is InChI=1S/C15H13F3O/c1-15(19,11-3-6-12(16)7-4-11)9-10-2-5-13(17)8-14(10)18/h2-8,19H,9H2,1H3. The van der Waals surface area contributed by atoms with Crippen LogP contribution in [0.1, 0.15) is 18.1 Å². The SMILES string of the molecule is CC(O)(Cc1ccc(F)cc1F)c1ccc(F)cc1. The lowest BCUT2D eigenvalue weighted by molar-refractivity contribution is 0.0566. The lowest BCUT2D eigenvalue weighted by Crippen LogP contribution is -2.24. The predicted octanol–water partition coefficient (Wildman–Crippen LogP) is 3.55. The topological polar surface area (TPSA) is 20.2 Å². The van der Waals surface area contributed by atoms with Crippen LogP contribution in [0.4, 0.5) is 13.2 Å². The molecule has 2 aromatic rings. The molecular formula is C15H13F3O. The Morgan fingerprint density at radius 1 is 0.947 bits per heavy atom. The molecule has 0 saturated carbocycles. The highest BCUT2D eigenvalue weighted by Gasteiger charge is 2.25. The zero-order valence-electron chi connectivity index (χ0n) is 10.3. The van der Waals surface area contributed by atoms with Crippen molar-refractivity contribution in [2.24, 2.45) is 0 Å². The minimum Gasteiger partial charge on any atom is -0.385 e. The van der Waals surface area contributed by atoms with Gasteiger partial charge in [-0.1, -0.05) is 18.2 Å². The van der Waals surface area contributed by atoms with Crippen molar-refractivity contribution >= 4 is 0 Å². The number of halogens is 3. The molecule has 2 rings (SSSR count). The molecule has 0 radical (unpaired) electrons. The fraction of sp³-hybridized carbons (Fsp3) is 0.200. The summed E-state index contributed by atoms with van der Waals surface area (Å²) in [4.78, 5) is 0. The monoisotopic (exact) mass is 266 g/mol. The first kappa shape index (κ1) is 13.6. The molecule has 2 aromatic carbocycles. The molecule has 0 heterocycles. The van der Waals surface area contributed by atoms with Crippen molar-refractivity contribution in [1.82, 2.24) is 0 Å². The van der Waals surface area contributed by atoms with E-state index in [4.69, 9.17) is 0 Å². The van der Waals surface area contributed by atoms with Crippen LogP contribution in [-0.2, 0) is 12.0 Å². The van der Waals surface area contributed by atoms with Crippen LogP contribution >= 0.6 is 0 Å². The highest BCUT2D eigenvalue weighted by molar-refractivity contribution is 5.27. The first-order chi connectivity index (χ1) is 8.88. The Kier molecular flexibility index (Phi) is 3.62. The summed E-state index contributed by atoms with van der Waals surface area (Å²) in [6.45, 7) is 1.50. The second kappa shape index (κ2) is 5.05. The summed E-state index contributed by atoms with van der Waals surface area (Å²) in [6, 6.07) is 8.54. The van der Waals surface area contributed by atoms with Gasteiger partial charge in [0.05, 0.1) is 5.60 Å². The summed E-state index contributed by atoms with van der Waals surface area (Å²) in [5.74, 6) is -1.78. The van der Waals surface area contributed by atoms with E-state index >= 15 is 0 Å². The fourth-order valence-electron chi connectivity index (χ4n) is 1.95. The quantitative estimate of drug-likeness (QED) is 0.900. The zero-order chi connectivity index (χ0) is 14.0. The van der Waals surface area contributed by atoms with E-state index in [9.17, 15) is 18.3 Å². The molecule has 1 atom stereocenters. The first-order valence-electron chi connectivity index (χ1n) is 5.81. The summed E-state index contributed by atoms with van der Waals surface area (Å²) in [6.07, 6.45) is -0.0231. The third-order valence-corrected chi connectivity index (χ3v) is 3.02. The molecule has 0 fully saturated rings. The van der Waals surface area contributed by atoms with Crippen molar-refractivity contribution in [3.63, 3.8) is 0 Å². The van der Waals surface area contributed by atoms with Gasteiger partial charge in [-0.15, -0.1) is 0 Å². The molecule has 1 nitrogen and oxygen atoms in total. The maximum absolute atomic E-state index is 13.5. The maximum atomic E-state index is 13.5. The Balaban J connectivity index is 2.27. The van der Waals surface area contributed by atoms with E-state index < -0.39 is 23.1 Å². The van der Waals surface area contributed by atoms with Gasteiger partial charge in [0.25, 0.3) is 0 Å². The lowest BCUT2D eigenvalue weighted by Gasteiger charge is -2.24. The summed E-state index contributed by atoms with van der Waals surface area (Å²) in [7, 11) is 0. The molecule has 0 bridgehead atoms. The van der Waals surface area contributed by atoms with E-state index in [1.807, 2.05) is 0 Å². The van der Waals surface area contributed by atoms with Crippen molar-refractivity contribution in [1.29, 1.82) is 0 Å². The highest BCUT2D eigenvalue weighted by Crippen LogP contribution is 2.26. The smallest absolute Gasteiger partial charge is 0.129 e. The molecule has 0 aliphatic heterocycles. The molecule has 0 aliphatic rings. The molecule has 1 N–H and O–H groups in total. The van der Waals surface area contributed by atoms with E-state index in [0.29, 0.717) is 5.56 Å². The van der Waals surface area contributed by atoms with Crippen molar-refractivity contribution in [2.75, 3.05) is 0 Å². The summed E-state index contributed by atoms with van der Waals surface area (Å²) < 4.78 is 39.2. The van der Waals surface area contributed by atoms with E-state index in [-0.39, 0.29) is 12.0 Å². The summed E-state index contributed by atoms with van der Waals surface area (Å²) in [5.41, 5.74) is -0.680. The normalized spacial score (nSPS) is 14.2. The van der Waals surface area contributed by atoms with Crippen LogP contribution in [0.5, 0.6) is 0 Å².